The largest absolute Gasteiger partial charge is 0.488 e. The van der Waals surface area contributed by atoms with Crippen LogP contribution in [0.5, 0.6) is 11.5 Å². The summed E-state index contributed by atoms with van der Waals surface area (Å²) in [6, 6.07) is 13.3. The van der Waals surface area contributed by atoms with E-state index in [1.165, 1.54) is 0 Å². The van der Waals surface area contributed by atoms with Crippen LogP contribution < -0.4 is 9.47 Å². The summed E-state index contributed by atoms with van der Waals surface area (Å²) in [6.45, 7) is -0.00786. The zero-order valence-corrected chi connectivity index (χ0v) is 14.0. The lowest BCUT2D eigenvalue weighted by atomic mass is 10.2. The summed E-state index contributed by atoms with van der Waals surface area (Å²) in [5.74, 6) is 0.422. The molecule has 0 aromatic heterocycles. The number of nitriles is 1. The first-order chi connectivity index (χ1) is 11.6. The molecular formula is C17H13Cl2NO4. The molecule has 0 aliphatic carbocycles. The molecule has 2 aromatic rings. The summed E-state index contributed by atoms with van der Waals surface area (Å²) in [6.07, 6.45) is 0. The standard InChI is InChI=1S/C17H13Cl2NO4/c18-13-3-6-16(15(19)9-13)22-7-8-23-17(21)11-24-14-4-1-12(10-20)2-5-14/h1-6,9H,7-8,11H2. The van der Waals surface area contributed by atoms with Crippen LogP contribution >= 0.6 is 23.2 Å². The number of hydrogen-bond acceptors (Lipinski definition) is 5. The Labute approximate surface area is 149 Å². The van der Waals surface area contributed by atoms with Crippen molar-refractivity contribution in [1.29, 1.82) is 5.26 Å². The highest BCUT2D eigenvalue weighted by Crippen LogP contribution is 2.27. The Balaban J connectivity index is 1.66. The van der Waals surface area contributed by atoms with E-state index < -0.39 is 5.97 Å². The Morgan fingerprint density at radius 2 is 1.79 bits per heavy atom. The molecule has 5 nitrogen and oxygen atoms in total. The van der Waals surface area contributed by atoms with Gasteiger partial charge in [0.25, 0.3) is 0 Å². The second-order valence-corrected chi connectivity index (χ2v) is 5.41. The molecule has 0 atom stereocenters. The number of benzene rings is 2. The monoisotopic (exact) mass is 365 g/mol. The van der Waals surface area contributed by atoms with Gasteiger partial charge in [-0.1, -0.05) is 23.2 Å². The Bertz CT molecular complexity index is 741. The van der Waals surface area contributed by atoms with Gasteiger partial charge >= 0.3 is 5.97 Å². The minimum absolute atomic E-state index is 0.0640. The van der Waals surface area contributed by atoms with E-state index in [4.69, 9.17) is 42.7 Å². The zero-order chi connectivity index (χ0) is 17.4. The fraction of sp³-hybridized carbons (Fsp3) is 0.176. The molecule has 0 N–H and O–H groups in total. The number of ether oxygens (including phenoxy) is 3. The van der Waals surface area contributed by atoms with Crippen LogP contribution in [0.15, 0.2) is 42.5 Å². The maximum absolute atomic E-state index is 11.6. The van der Waals surface area contributed by atoms with E-state index in [0.29, 0.717) is 27.1 Å². The number of carbonyl (C=O) groups excluding carboxylic acids is 1. The van der Waals surface area contributed by atoms with Crippen molar-refractivity contribution >= 4 is 29.2 Å². The number of hydrogen-bond donors (Lipinski definition) is 0. The number of esters is 1. The van der Waals surface area contributed by atoms with E-state index in [9.17, 15) is 4.79 Å². The van der Waals surface area contributed by atoms with Crippen molar-refractivity contribution in [1.82, 2.24) is 0 Å². The van der Waals surface area contributed by atoms with Gasteiger partial charge in [0.05, 0.1) is 16.7 Å². The number of halogens is 2. The minimum Gasteiger partial charge on any atom is -0.488 e. The van der Waals surface area contributed by atoms with Crippen LogP contribution in [-0.4, -0.2) is 25.8 Å². The first kappa shape index (κ1) is 17.9. The van der Waals surface area contributed by atoms with Crippen molar-refractivity contribution in [2.75, 3.05) is 19.8 Å². The number of rotatable bonds is 7. The van der Waals surface area contributed by atoms with Gasteiger partial charge in [-0.2, -0.15) is 5.26 Å². The maximum Gasteiger partial charge on any atom is 0.344 e. The summed E-state index contributed by atoms with van der Waals surface area (Å²) < 4.78 is 15.6. The van der Waals surface area contributed by atoms with E-state index in [1.807, 2.05) is 6.07 Å². The van der Waals surface area contributed by atoms with Gasteiger partial charge in [0.15, 0.2) is 6.61 Å². The van der Waals surface area contributed by atoms with Gasteiger partial charge in [0.2, 0.25) is 0 Å². The molecule has 0 unspecified atom stereocenters. The Morgan fingerprint density at radius 3 is 2.46 bits per heavy atom. The van der Waals surface area contributed by atoms with Crippen LogP contribution in [0.1, 0.15) is 5.56 Å². The fourth-order valence-electron chi connectivity index (χ4n) is 1.71. The zero-order valence-electron chi connectivity index (χ0n) is 12.5. The molecule has 0 saturated heterocycles. The van der Waals surface area contributed by atoms with Gasteiger partial charge in [-0.05, 0) is 42.5 Å². The third-order valence-corrected chi connectivity index (χ3v) is 3.37. The van der Waals surface area contributed by atoms with Crippen molar-refractivity contribution in [3.05, 3.63) is 58.1 Å². The average Bonchev–Trinajstić information content (AvgIpc) is 2.59. The van der Waals surface area contributed by atoms with E-state index in [-0.39, 0.29) is 19.8 Å². The van der Waals surface area contributed by atoms with Crippen LogP contribution in [0.3, 0.4) is 0 Å². The molecular weight excluding hydrogens is 353 g/mol. The van der Waals surface area contributed by atoms with Crippen molar-refractivity contribution < 1.29 is 19.0 Å². The molecule has 2 rings (SSSR count). The van der Waals surface area contributed by atoms with Crippen molar-refractivity contribution in [2.24, 2.45) is 0 Å². The third-order valence-electron chi connectivity index (χ3n) is 2.84. The molecule has 2 aromatic carbocycles. The van der Waals surface area contributed by atoms with Gasteiger partial charge < -0.3 is 14.2 Å². The molecule has 0 fully saturated rings. The minimum atomic E-state index is -0.523. The van der Waals surface area contributed by atoms with Crippen LogP contribution in [0.2, 0.25) is 10.0 Å². The first-order valence-electron chi connectivity index (χ1n) is 6.95. The van der Waals surface area contributed by atoms with Gasteiger partial charge in [-0.15, -0.1) is 0 Å². The highest BCUT2D eigenvalue weighted by Gasteiger charge is 2.06. The summed E-state index contributed by atoms with van der Waals surface area (Å²) in [5.41, 5.74) is 0.517. The van der Waals surface area contributed by atoms with Crippen molar-refractivity contribution in [3.8, 4) is 17.6 Å². The molecule has 0 heterocycles. The fourth-order valence-corrected chi connectivity index (χ4v) is 2.17. The third kappa shape index (κ3) is 5.65. The molecule has 0 aliphatic rings. The SMILES string of the molecule is N#Cc1ccc(OCC(=O)OCCOc2ccc(Cl)cc2Cl)cc1. The predicted molar refractivity (Wildman–Crippen MR) is 89.6 cm³/mol. The molecule has 0 radical (unpaired) electrons. The second kappa shape index (κ2) is 9.02. The smallest absolute Gasteiger partial charge is 0.344 e. The number of nitrogens with zero attached hydrogens (tertiary/aromatic N) is 1. The summed E-state index contributed by atoms with van der Waals surface area (Å²) in [7, 11) is 0. The molecule has 7 heteroatoms. The average molecular weight is 366 g/mol. The van der Waals surface area contributed by atoms with E-state index in [0.717, 1.165) is 0 Å². The van der Waals surface area contributed by atoms with Crippen LogP contribution in [0, 0.1) is 11.3 Å². The quantitative estimate of drug-likeness (QED) is 0.550. The van der Waals surface area contributed by atoms with Crippen LogP contribution in [-0.2, 0) is 9.53 Å². The van der Waals surface area contributed by atoms with Crippen molar-refractivity contribution in [3.63, 3.8) is 0 Å². The Hall–Kier alpha value is -2.42. The highest BCUT2D eigenvalue weighted by molar-refractivity contribution is 6.35. The lowest BCUT2D eigenvalue weighted by Crippen LogP contribution is -2.18. The molecule has 0 aliphatic heterocycles. The van der Waals surface area contributed by atoms with E-state index in [2.05, 4.69) is 0 Å². The van der Waals surface area contributed by atoms with Gasteiger partial charge in [0, 0.05) is 5.02 Å². The molecule has 0 spiro atoms. The van der Waals surface area contributed by atoms with E-state index in [1.54, 1.807) is 42.5 Å². The molecule has 0 amide bonds. The van der Waals surface area contributed by atoms with Gasteiger partial charge in [-0.25, -0.2) is 4.79 Å². The molecule has 0 saturated carbocycles. The van der Waals surface area contributed by atoms with Crippen molar-refractivity contribution in [2.45, 2.75) is 0 Å². The van der Waals surface area contributed by atoms with E-state index >= 15 is 0 Å². The molecule has 0 bridgehead atoms. The maximum atomic E-state index is 11.6. The summed E-state index contributed by atoms with van der Waals surface area (Å²) in [4.78, 5) is 11.6. The molecule has 124 valence electrons. The van der Waals surface area contributed by atoms with Crippen LogP contribution in [0.4, 0.5) is 0 Å². The Kier molecular flexibility index (Phi) is 6.74. The predicted octanol–water partition coefficient (Wildman–Crippen LogP) is 3.87. The lowest BCUT2D eigenvalue weighted by Gasteiger charge is -2.09. The van der Waals surface area contributed by atoms with Gasteiger partial charge in [0.1, 0.15) is 24.7 Å². The number of carbonyl (C=O) groups is 1. The highest BCUT2D eigenvalue weighted by atomic mass is 35.5. The lowest BCUT2D eigenvalue weighted by molar-refractivity contribution is -0.146. The normalized spacial score (nSPS) is 9.88. The van der Waals surface area contributed by atoms with Crippen LogP contribution in [0.25, 0.3) is 0 Å². The topological polar surface area (TPSA) is 68.5 Å². The second-order valence-electron chi connectivity index (χ2n) is 4.57. The molecule has 24 heavy (non-hydrogen) atoms. The summed E-state index contributed by atoms with van der Waals surface area (Å²) in [5, 5.41) is 9.59. The van der Waals surface area contributed by atoms with Gasteiger partial charge in [-0.3, -0.25) is 0 Å². The summed E-state index contributed by atoms with van der Waals surface area (Å²) >= 11 is 11.7. The Morgan fingerprint density at radius 1 is 1.04 bits per heavy atom. The first-order valence-corrected chi connectivity index (χ1v) is 7.70.